The number of carbonyl (C=O) groups is 1. The van der Waals surface area contributed by atoms with Crippen LogP contribution in [0, 0.1) is 0 Å². The number of nitrogens with zero attached hydrogens (tertiary/aromatic N) is 2. The summed E-state index contributed by atoms with van der Waals surface area (Å²) in [6.07, 6.45) is 0. The van der Waals surface area contributed by atoms with E-state index >= 15 is 0 Å². The van der Waals surface area contributed by atoms with Gasteiger partial charge in [-0.05, 0) is 36.4 Å². The van der Waals surface area contributed by atoms with E-state index in [1.54, 1.807) is 36.3 Å². The SMILES string of the molecule is COc1ccc2nc(N(CC[NH+](C)C)C(=O)c3cccc(Cl)c3)sc2c1. The number of likely N-dealkylation sites (N-methyl/N-ethyl adjacent to an activating group) is 1. The third-order valence-corrected chi connectivity index (χ3v) is 5.24. The van der Waals surface area contributed by atoms with Crippen LogP contribution in [0.3, 0.4) is 0 Å². The molecular weight excluding hydrogens is 370 g/mol. The number of amides is 1. The zero-order chi connectivity index (χ0) is 18.7. The number of nitrogens with one attached hydrogen (secondary N) is 1. The normalized spacial score (nSPS) is 11.1. The molecule has 0 aliphatic carbocycles. The number of carbonyl (C=O) groups excluding carboxylic acids is 1. The fraction of sp³-hybridized carbons (Fsp3) is 0.263. The molecule has 7 heteroatoms. The molecule has 26 heavy (non-hydrogen) atoms. The molecule has 136 valence electrons. The Bertz CT molecular complexity index is 926. The van der Waals surface area contributed by atoms with Crippen LogP contribution in [0.15, 0.2) is 42.5 Å². The van der Waals surface area contributed by atoms with Gasteiger partial charge in [0.25, 0.3) is 5.91 Å². The first-order valence-electron chi connectivity index (χ1n) is 8.29. The van der Waals surface area contributed by atoms with Gasteiger partial charge in [0.1, 0.15) is 5.75 Å². The van der Waals surface area contributed by atoms with Gasteiger partial charge in [-0.15, -0.1) is 0 Å². The number of fused-ring (bicyclic) bond motifs is 1. The van der Waals surface area contributed by atoms with E-state index in [2.05, 4.69) is 19.1 Å². The van der Waals surface area contributed by atoms with Gasteiger partial charge >= 0.3 is 0 Å². The highest BCUT2D eigenvalue weighted by Crippen LogP contribution is 2.32. The molecule has 0 aliphatic rings. The van der Waals surface area contributed by atoms with E-state index in [1.165, 1.54) is 16.2 Å². The van der Waals surface area contributed by atoms with Crippen LogP contribution in [0.25, 0.3) is 10.2 Å². The molecule has 0 fully saturated rings. The lowest BCUT2D eigenvalue weighted by molar-refractivity contribution is -0.856. The summed E-state index contributed by atoms with van der Waals surface area (Å²) in [6.45, 7) is 1.39. The molecule has 0 radical (unpaired) electrons. The van der Waals surface area contributed by atoms with E-state index < -0.39 is 0 Å². The van der Waals surface area contributed by atoms with E-state index in [1.807, 2.05) is 18.2 Å². The Morgan fingerprint density at radius 2 is 2.08 bits per heavy atom. The number of benzene rings is 2. The molecular formula is C19H21ClN3O2S+. The maximum absolute atomic E-state index is 13.1. The lowest BCUT2D eigenvalue weighted by Gasteiger charge is -2.20. The molecule has 1 heterocycles. The highest BCUT2D eigenvalue weighted by molar-refractivity contribution is 7.22. The Balaban J connectivity index is 1.98. The number of hydrogen-bond acceptors (Lipinski definition) is 4. The fourth-order valence-corrected chi connectivity index (χ4v) is 3.74. The average Bonchev–Trinajstić information content (AvgIpc) is 3.04. The number of ether oxygens (including phenoxy) is 1. The number of aromatic nitrogens is 1. The summed E-state index contributed by atoms with van der Waals surface area (Å²) in [6, 6.07) is 12.7. The number of halogens is 1. The monoisotopic (exact) mass is 390 g/mol. The molecule has 5 nitrogen and oxygen atoms in total. The van der Waals surface area contributed by atoms with Gasteiger partial charge in [0, 0.05) is 10.6 Å². The zero-order valence-corrected chi connectivity index (χ0v) is 16.5. The third-order valence-electron chi connectivity index (χ3n) is 3.97. The van der Waals surface area contributed by atoms with Crippen LogP contribution < -0.4 is 14.5 Å². The Morgan fingerprint density at radius 3 is 2.77 bits per heavy atom. The number of rotatable bonds is 6. The van der Waals surface area contributed by atoms with Crippen molar-refractivity contribution in [2.24, 2.45) is 0 Å². The van der Waals surface area contributed by atoms with Crippen molar-refractivity contribution in [1.29, 1.82) is 0 Å². The smallest absolute Gasteiger partial charge is 0.260 e. The highest BCUT2D eigenvalue weighted by atomic mass is 35.5. The van der Waals surface area contributed by atoms with Crippen LogP contribution in [0.5, 0.6) is 5.75 Å². The van der Waals surface area contributed by atoms with Crippen molar-refractivity contribution >= 4 is 44.2 Å². The Kier molecular flexibility index (Phi) is 5.76. The fourth-order valence-electron chi connectivity index (χ4n) is 2.53. The summed E-state index contributed by atoms with van der Waals surface area (Å²) in [4.78, 5) is 20.8. The van der Waals surface area contributed by atoms with Gasteiger partial charge in [-0.2, -0.15) is 0 Å². The van der Waals surface area contributed by atoms with Crippen molar-refractivity contribution in [3.63, 3.8) is 0 Å². The van der Waals surface area contributed by atoms with Gasteiger partial charge in [-0.1, -0.05) is 29.0 Å². The van der Waals surface area contributed by atoms with Gasteiger partial charge in [0.05, 0.1) is 44.5 Å². The van der Waals surface area contributed by atoms with Crippen molar-refractivity contribution in [1.82, 2.24) is 4.98 Å². The topological polar surface area (TPSA) is 46.9 Å². The quantitative estimate of drug-likeness (QED) is 0.704. The van der Waals surface area contributed by atoms with E-state index in [9.17, 15) is 4.79 Å². The summed E-state index contributed by atoms with van der Waals surface area (Å²) in [7, 11) is 5.76. The summed E-state index contributed by atoms with van der Waals surface area (Å²) >= 11 is 7.55. The minimum absolute atomic E-state index is 0.0974. The van der Waals surface area contributed by atoms with Crippen molar-refractivity contribution in [3.05, 3.63) is 53.1 Å². The van der Waals surface area contributed by atoms with Crippen LogP contribution in [-0.2, 0) is 0 Å². The second kappa shape index (κ2) is 8.03. The second-order valence-corrected chi connectivity index (χ2v) is 7.70. The maximum Gasteiger partial charge on any atom is 0.260 e. The standard InChI is InChI=1S/C19H20ClN3O2S/c1-22(2)9-10-23(18(24)13-5-4-6-14(20)11-13)19-21-16-8-7-15(25-3)12-17(16)26-19/h4-8,11-12H,9-10H2,1-3H3/p+1. The van der Waals surface area contributed by atoms with E-state index in [0.717, 1.165) is 22.5 Å². The van der Waals surface area contributed by atoms with Crippen LogP contribution in [0.2, 0.25) is 5.02 Å². The molecule has 0 unspecified atom stereocenters. The molecule has 0 saturated carbocycles. The Labute approximate surface area is 161 Å². The van der Waals surface area contributed by atoms with Gasteiger partial charge in [0.2, 0.25) is 0 Å². The van der Waals surface area contributed by atoms with Crippen molar-refractivity contribution in [2.75, 3.05) is 39.2 Å². The number of anilines is 1. The van der Waals surface area contributed by atoms with Crippen molar-refractivity contribution in [2.45, 2.75) is 0 Å². The van der Waals surface area contributed by atoms with Gasteiger partial charge in [0.15, 0.2) is 5.13 Å². The largest absolute Gasteiger partial charge is 0.497 e. The first-order valence-corrected chi connectivity index (χ1v) is 9.48. The number of thiazole rings is 1. The lowest BCUT2D eigenvalue weighted by Crippen LogP contribution is -3.06. The number of methoxy groups -OCH3 is 1. The minimum atomic E-state index is -0.0974. The molecule has 1 amide bonds. The van der Waals surface area contributed by atoms with Crippen LogP contribution in [0.4, 0.5) is 5.13 Å². The van der Waals surface area contributed by atoms with Crippen LogP contribution in [0.1, 0.15) is 10.4 Å². The van der Waals surface area contributed by atoms with Crippen LogP contribution >= 0.6 is 22.9 Å². The molecule has 0 spiro atoms. The van der Waals surface area contributed by atoms with Gasteiger partial charge in [-0.25, -0.2) is 4.98 Å². The van der Waals surface area contributed by atoms with Crippen molar-refractivity contribution < 1.29 is 14.4 Å². The average molecular weight is 391 g/mol. The first kappa shape index (κ1) is 18.6. The van der Waals surface area contributed by atoms with Crippen molar-refractivity contribution in [3.8, 4) is 5.75 Å². The van der Waals surface area contributed by atoms with Gasteiger partial charge < -0.3 is 9.64 Å². The Morgan fingerprint density at radius 1 is 1.27 bits per heavy atom. The van der Waals surface area contributed by atoms with Crippen LogP contribution in [-0.4, -0.2) is 45.2 Å². The molecule has 3 aromatic rings. The predicted molar refractivity (Wildman–Crippen MR) is 107 cm³/mol. The highest BCUT2D eigenvalue weighted by Gasteiger charge is 2.22. The molecule has 0 bridgehead atoms. The predicted octanol–water partition coefficient (Wildman–Crippen LogP) is 2.75. The lowest BCUT2D eigenvalue weighted by atomic mass is 10.2. The maximum atomic E-state index is 13.1. The number of hydrogen-bond donors (Lipinski definition) is 1. The zero-order valence-electron chi connectivity index (χ0n) is 15.0. The summed E-state index contributed by atoms with van der Waals surface area (Å²) in [5.41, 5.74) is 1.41. The molecule has 1 N–H and O–H groups in total. The Hall–Kier alpha value is -2.15. The summed E-state index contributed by atoms with van der Waals surface area (Å²) < 4.78 is 6.27. The number of quaternary nitrogens is 1. The van der Waals surface area contributed by atoms with E-state index in [-0.39, 0.29) is 5.91 Å². The van der Waals surface area contributed by atoms with Gasteiger partial charge in [-0.3, -0.25) is 9.69 Å². The molecule has 3 rings (SSSR count). The molecule has 0 aliphatic heterocycles. The third kappa shape index (κ3) is 4.15. The molecule has 0 saturated heterocycles. The molecule has 0 atom stereocenters. The summed E-state index contributed by atoms with van der Waals surface area (Å²) in [5.74, 6) is 0.679. The van der Waals surface area contributed by atoms with E-state index in [4.69, 9.17) is 16.3 Å². The van der Waals surface area contributed by atoms with E-state index in [0.29, 0.717) is 22.3 Å². The summed E-state index contributed by atoms with van der Waals surface area (Å²) in [5, 5.41) is 1.22. The molecule has 1 aromatic heterocycles. The molecule has 2 aromatic carbocycles. The minimum Gasteiger partial charge on any atom is -0.497 e. The first-order chi connectivity index (χ1) is 12.5. The second-order valence-electron chi connectivity index (χ2n) is 6.25.